The van der Waals surface area contributed by atoms with E-state index < -0.39 is 11.8 Å². The molecule has 0 amide bonds. The van der Waals surface area contributed by atoms with E-state index in [-0.39, 0.29) is 5.56 Å². The van der Waals surface area contributed by atoms with Crippen LogP contribution in [0.3, 0.4) is 0 Å². The summed E-state index contributed by atoms with van der Waals surface area (Å²) >= 11 is 0. The van der Waals surface area contributed by atoms with Crippen molar-refractivity contribution in [2.45, 2.75) is 12.2 Å². The van der Waals surface area contributed by atoms with Crippen LogP contribution in [0.15, 0.2) is 24.3 Å². The van der Waals surface area contributed by atoms with Crippen LogP contribution >= 0.6 is 0 Å². The first-order chi connectivity index (χ1) is 6.64. The van der Waals surface area contributed by atoms with Gasteiger partial charge < -0.3 is 5.11 Å². The standard InChI is InChI=1S/C10H10FNO2/c11-10(9(13)14)8-4-2-1-3-7(8)5-6-12-10/h1-4,12H,5-6H2,(H,13,14). The smallest absolute Gasteiger partial charge is 0.361 e. The summed E-state index contributed by atoms with van der Waals surface area (Å²) in [5.74, 6) is -3.90. The molecule has 0 radical (unpaired) electrons. The number of nitrogens with one attached hydrogen (secondary N) is 1. The van der Waals surface area contributed by atoms with E-state index in [1.165, 1.54) is 6.07 Å². The zero-order chi connectivity index (χ0) is 10.2. The second-order valence-electron chi connectivity index (χ2n) is 3.30. The summed E-state index contributed by atoms with van der Waals surface area (Å²) in [6.45, 7) is 0.347. The molecular weight excluding hydrogens is 185 g/mol. The molecule has 14 heavy (non-hydrogen) atoms. The van der Waals surface area contributed by atoms with Crippen molar-refractivity contribution in [2.75, 3.05) is 6.54 Å². The lowest BCUT2D eigenvalue weighted by Crippen LogP contribution is -2.49. The summed E-state index contributed by atoms with van der Waals surface area (Å²) < 4.78 is 14.0. The third-order valence-electron chi connectivity index (χ3n) is 2.45. The monoisotopic (exact) mass is 195 g/mol. The Balaban J connectivity index is 2.55. The van der Waals surface area contributed by atoms with Gasteiger partial charge in [0.05, 0.1) is 0 Å². The van der Waals surface area contributed by atoms with Gasteiger partial charge in [-0.3, -0.25) is 5.32 Å². The number of fused-ring (bicyclic) bond motifs is 1. The maximum Gasteiger partial charge on any atom is 0.361 e. The van der Waals surface area contributed by atoms with Gasteiger partial charge in [-0.05, 0) is 12.0 Å². The third-order valence-corrected chi connectivity index (χ3v) is 2.45. The molecule has 2 rings (SSSR count). The maximum absolute atomic E-state index is 14.0. The summed E-state index contributed by atoms with van der Waals surface area (Å²) in [5.41, 5.74) is 0.981. The van der Waals surface area contributed by atoms with Crippen LogP contribution in [0.1, 0.15) is 11.1 Å². The average Bonchev–Trinajstić information content (AvgIpc) is 2.18. The maximum atomic E-state index is 14.0. The molecule has 0 fully saturated rings. The van der Waals surface area contributed by atoms with Gasteiger partial charge >= 0.3 is 5.97 Å². The Kier molecular flexibility index (Phi) is 2.00. The first-order valence-electron chi connectivity index (χ1n) is 4.40. The van der Waals surface area contributed by atoms with Crippen LogP contribution < -0.4 is 5.32 Å². The van der Waals surface area contributed by atoms with Crippen molar-refractivity contribution in [1.82, 2.24) is 5.32 Å². The fourth-order valence-corrected chi connectivity index (χ4v) is 1.73. The van der Waals surface area contributed by atoms with Gasteiger partial charge in [-0.2, -0.15) is 0 Å². The molecule has 0 aliphatic carbocycles. The molecule has 3 nitrogen and oxygen atoms in total. The van der Waals surface area contributed by atoms with Crippen molar-refractivity contribution in [3.05, 3.63) is 35.4 Å². The van der Waals surface area contributed by atoms with Crippen LogP contribution in [0.5, 0.6) is 0 Å². The average molecular weight is 195 g/mol. The number of aliphatic carboxylic acids is 1. The summed E-state index contributed by atoms with van der Waals surface area (Å²) in [4.78, 5) is 10.8. The van der Waals surface area contributed by atoms with Crippen LogP contribution in [0.2, 0.25) is 0 Å². The van der Waals surface area contributed by atoms with Gasteiger partial charge in [0.15, 0.2) is 0 Å². The largest absolute Gasteiger partial charge is 0.478 e. The number of rotatable bonds is 1. The van der Waals surface area contributed by atoms with Crippen molar-refractivity contribution >= 4 is 5.97 Å². The quantitative estimate of drug-likeness (QED) is 0.658. The number of carboxylic acid groups (broad SMARTS) is 1. The molecular formula is C10H10FNO2. The van der Waals surface area contributed by atoms with Gasteiger partial charge in [-0.15, -0.1) is 0 Å². The molecule has 1 aromatic carbocycles. The molecule has 0 aromatic heterocycles. The predicted molar refractivity (Wildman–Crippen MR) is 48.6 cm³/mol. The molecule has 0 bridgehead atoms. The van der Waals surface area contributed by atoms with Crippen LogP contribution in [0.4, 0.5) is 4.39 Å². The Morgan fingerprint density at radius 2 is 2.21 bits per heavy atom. The molecule has 1 aromatic rings. The van der Waals surface area contributed by atoms with Gasteiger partial charge in [0, 0.05) is 12.1 Å². The Labute approximate surface area is 80.6 Å². The molecule has 1 aliphatic heterocycles. The van der Waals surface area contributed by atoms with E-state index in [1.54, 1.807) is 18.2 Å². The van der Waals surface area contributed by atoms with Crippen molar-refractivity contribution in [3.63, 3.8) is 0 Å². The third kappa shape index (κ3) is 1.19. The predicted octanol–water partition coefficient (Wildman–Crippen LogP) is 1.04. The number of hydrogen-bond donors (Lipinski definition) is 2. The molecule has 2 N–H and O–H groups in total. The molecule has 1 heterocycles. The van der Waals surface area contributed by atoms with E-state index in [9.17, 15) is 9.18 Å². The van der Waals surface area contributed by atoms with E-state index in [4.69, 9.17) is 5.11 Å². The first kappa shape index (κ1) is 9.15. The zero-order valence-electron chi connectivity index (χ0n) is 7.46. The number of hydrogen-bond acceptors (Lipinski definition) is 2. The first-order valence-corrected chi connectivity index (χ1v) is 4.40. The second kappa shape index (κ2) is 3.06. The highest BCUT2D eigenvalue weighted by Gasteiger charge is 2.43. The lowest BCUT2D eigenvalue weighted by Gasteiger charge is -2.29. The minimum Gasteiger partial charge on any atom is -0.478 e. The van der Waals surface area contributed by atoms with Crippen molar-refractivity contribution in [2.24, 2.45) is 0 Å². The summed E-state index contributed by atoms with van der Waals surface area (Å²) in [6.07, 6.45) is 0.662. The number of halogens is 1. The Bertz CT molecular complexity index is 380. The second-order valence-corrected chi connectivity index (χ2v) is 3.30. The van der Waals surface area contributed by atoms with Gasteiger partial charge in [0.25, 0.3) is 5.79 Å². The molecule has 1 atom stereocenters. The van der Waals surface area contributed by atoms with E-state index in [0.29, 0.717) is 13.0 Å². The van der Waals surface area contributed by atoms with Crippen LogP contribution in [-0.4, -0.2) is 17.6 Å². The van der Waals surface area contributed by atoms with Crippen LogP contribution in [0, 0.1) is 0 Å². The van der Waals surface area contributed by atoms with Gasteiger partial charge in [0.1, 0.15) is 0 Å². The molecule has 1 unspecified atom stereocenters. The number of carbonyl (C=O) groups is 1. The number of benzene rings is 1. The van der Waals surface area contributed by atoms with Crippen molar-refractivity contribution in [3.8, 4) is 0 Å². The van der Waals surface area contributed by atoms with Crippen LogP contribution in [0.25, 0.3) is 0 Å². The highest BCUT2D eigenvalue weighted by molar-refractivity contribution is 5.79. The van der Waals surface area contributed by atoms with E-state index in [1.807, 2.05) is 0 Å². The number of alkyl halides is 1. The van der Waals surface area contributed by atoms with Crippen LogP contribution in [-0.2, 0) is 17.0 Å². The van der Waals surface area contributed by atoms with Crippen molar-refractivity contribution in [1.29, 1.82) is 0 Å². The number of carboxylic acids is 1. The zero-order valence-corrected chi connectivity index (χ0v) is 7.46. The Hall–Kier alpha value is -1.42. The molecule has 0 spiro atoms. The minimum absolute atomic E-state index is 0.221. The lowest BCUT2D eigenvalue weighted by atomic mass is 9.92. The summed E-state index contributed by atoms with van der Waals surface area (Å²) in [7, 11) is 0. The fraction of sp³-hybridized carbons (Fsp3) is 0.300. The van der Waals surface area contributed by atoms with E-state index in [2.05, 4.69) is 5.32 Å². The molecule has 0 saturated heterocycles. The Morgan fingerprint density at radius 1 is 1.50 bits per heavy atom. The van der Waals surface area contributed by atoms with E-state index in [0.717, 1.165) is 5.56 Å². The Morgan fingerprint density at radius 3 is 2.93 bits per heavy atom. The van der Waals surface area contributed by atoms with Gasteiger partial charge in [0.2, 0.25) is 0 Å². The minimum atomic E-state index is -2.42. The normalized spacial score (nSPS) is 25.5. The lowest BCUT2D eigenvalue weighted by molar-refractivity contribution is -0.154. The van der Waals surface area contributed by atoms with Crippen molar-refractivity contribution < 1.29 is 14.3 Å². The molecule has 4 heteroatoms. The molecule has 74 valence electrons. The fourth-order valence-electron chi connectivity index (χ4n) is 1.73. The molecule has 1 aliphatic rings. The summed E-state index contributed by atoms with van der Waals surface area (Å²) in [5, 5.41) is 11.2. The highest BCUT2D eigenvalue weighted by Crippen LogP contribution is 2.29. The van der Waals surface area contributed by atoms with Gasteiger partial charge in [-0.25, -0.2) is 9.18 Å². The van der Waals surface area contributed by atoms with Gasteiger partial charge in [-0.1, -0.05) is 24.3 Å². The highest BCUT2D eigenvalue weighted by atomic mass is 19.1. The SMILES string of the molecule is O=C(O)C1(F)NCCc2ccccc21. The topological polar surface area (TPSA) is 49.3 Å². The molecule has 0 saturated carbocycles. The summed E-state index contributed by atoms with van der Waals surface area (Å²) in [6, 6.07) is 6.69. The van der Waals surface area contributed by atoms with E-state index >= 15 is 0 Å².